The molecule has 138 valence electrons. The number of aromatic nitrogens is 3. The second kappa shape index (κ2) is 8.84. The van der Waals surface area contributed by atoms with Gasteiger partial charge in [-0.15, -0.1) is 10.2 Å². The largest absolute Gasteiger partial charge is 0.353 e. The van der Waals surface area contributed by atoms with Gasteiger partial charge in [-0.1, -0.05) is 42.8 Å². The lowest BCUT2D eigenvalue weighted by Gasteiger charge is -2.11. The van der Waals surface area contributed by atoms with Crippen molar-refractivity contribution in [3.05, 3.63) is 41.7 Å². The van der Waals surface area contributed by atoms with Gasteiger partial charge in [0.2, 0.25) is 5.91 Å². The van der Waals surface area contributed by atoms with E-state index in [-0.39, 0.29) is 18.4 Å². The molecule has 0 unspecified atom stereocenters. The highest BCUT2D eigenvalue weighted by Crippen LogP contribution is 2.19. The quantitative estimate of drug-likeness (QED) is 0.724. The predicted octanol–water partition coefficient (Wildman–Crippen LogP) is 1.90. The van der Waals surface area contributed by atoms with Gasteiger partial charge in [0.15, 0.2) is 11.0 Å². The van der Waals surface area contributed by atoms with Crippen LogP contribution < -0.4 is 10.6 Å². The number of benzene rings is 1. The Bertz CT molecular complexity index is 756. The highest BCUT2D eigenvalue weighted by molar-refractivity contribution is 7.99. The van der Waals surface area contributed by atoms with E-state index in [9.17, 15) is 9.59 Å². The summed E-state index contributed by atoms with van der Waals surface area (Å²) in [5, 5.41) is 14.8. The second-order valence-electron chi connectivity index (χ2n) is 6.34. The van der Waals surface area contributed by atoms with Crippen LogP contribution in [0.2, 0.25) is 0 Å². The number of carbonyl (C=O) groups is 2. The Hall–Kier alpha value is -2.35. The summed E-state index contributed by atoms with van der Waals surface area (Å²) < 4.78 is 1.80. The first-order valence-electron chi connectivity index (χ1n) is 8.77. The summed E-state index contributed by atoms with van der Waals surface area (Å²) in [5.41, 5.74) is 0.604. The van der Waals surface area contributed by atoms with Crippen molar-refractivity contribution < 1.29 is 9.59 Å². The van der Waals surface area contributed by atoms with Crippen molar-refractivity contribution >= 4 is 23.6 Å². The van der Waals surface area contributed by atoms with Crippen LogP contribution in [0.4, 0.5) is 0 Å². The number of hydrogen-bond donors (Lipinski definition) is 2. The molecule has 1 saturated carbocycles. The van der Waals surface area contributed by atoms with Gasteiger partial charge in [0.05, 0.1) is 12.3 Å². The van der Waals surface area contributed by atoms with Crippen molar-refractivity contribution in [2.75, 3.05) is 5.75 Å². The molecule has 0 radical (unpaired) electrons. The third-order valence-corrected chi connectivity index (χ3v) is 5.44. The lowest BCUT2D eigenvalue weighted by atomic mass is 10.2. The number of carbonyl (C=O) groups excluding carboxylic acids is 2. The van der Waals surface area contributed by atoms with Crippen LogP contribution in [-0.4, -0.2) is 38.4 Å². The van der Waals surface area contributed by atoms with Crippen LogP contribution in [0.15, 0.2) is 35.5 Å². The van der Waals surface area contributed by atoms with Crippen LogP contribution in [0.1, 0.15) is 41.9 Å². The Balaban J connectivity index is 1.48. The maximum atomic E-state index is 12.1. The van der Waals surface area contributed by atoms with Gasteiger partial charge in [0.25, 0.3) is 5.91 Å². The molecule has 0 saturated heterocycles. The van der Waals surface area contributed by atoms with Crippen molar-refractivity contribution in [1.29, 1.82) is 0 Å². The van der Waals surface area contributed by atoms with Gasteiger partial charge in [-0.25, -0.2) is 0 Å². The fourth-order valence-electron chi connectivity index (χ4n) is 2.95. The summed E-state index contributed by atoms with van der Waals surface area (Å²) in [7, 11) is 1.83. The zero-order chi connectivity index (χ0) is 18.4. The Morgan fingerprint density at radius 2 is 1.92 bits per heavy atom. The van der Waals surface area contributed by atoms with Crippen LogP contribution in [0, 0.1) is 0 Å². The van der Waals surface area contributed by atoms with Gasteiger partial charge in [0.1, 0.15) is 0 Å². The molecule has 0 atom stereocenters. The average molecular weight is 373 g/mol. The minimum Gasteiger partial charge on any atom is -0.353 e. The van der Waals surface area contributed by atoms with Crippen molar-refractivity contribution in [2.24, 2.45) is 7.05 Å². The fourth-order valence-corrected chi connectivity index (χ4v) is 3.69. The van der Waals surface area contributed by atoms with Gasteiger partial charge < -0.3 is 15.2 Å². The summed E-state index contributed by atoms with van der Waals surface area (Å²) in [4.78, 5) is 24.1. The van der Waals surface area contributed by atoms with Gasteiger partial charge in [-0.3, -0.25) is 9.59 Å². The number of nitrogens with one attached hydrogen (secondary N) is 2. The van der Waals surface area contributed by atoms with Crippen LogP contribution >= 0.6 is 11.8 Å². The molecule has 2 amide bonds. The lowest BCUT2D eigenvalue weighted by molar-refractivity contribution is -0.119. The highest BCUT2D eigenvalue weighted by atomic mass is 32.2. The second-order valence-corrected chi connectivity index (χ2v) is 7.29. The van der Waals surface area contributed by atoms with E-state index in [2.05, 4.69) is 20.8 Å². The van der Waals surface area contributed by atoms with Crippen molar-refractivity contribution in [3.8, 4) is 0 Å². The minimum atomic E-state index is -0.154. The molecule has 1 fully saturated rings. The predicted molar refractivity (Wildman–Crippen MR) is 99.7 cm³/mol. The summed E-state index contributed by atoms with van der Waals surface area (Å²) in [5.74, 6) is 0.842. The highest BCUT2D eigenvalue weighted by Gasteiger charge is 2.18. The van der Waals surface area contributed by atoms with Crippen LogP contribution in [-0.2, 0) is 18.4 Å². The van der Waals surface area contributed by atoms with E-state index in [1.807, 2.05) is 25.2 Å². The smallest absolute Gasteiger partial charge is 0.251 e. The number of amides is 2. The molecule has 2 aromatic rings. The molecule has 0 bridgehead atoms. The van der Waals surface area contributed by atoms with Crippen LogP contribution in [0.25, 0.3) is 0 Å². The maximum Gasteiger partial charge on any atom is 0.251 e. The molecule has 1 aromatic heterocycles. The van der Waals surface area contributed by atoms with E-state index in [1.165, 1.54) is 24.6 Å². The zero-order valence-electron chi connectivity index (χ0n) is 14.8. The number of hydrogen-bond acceptors (Lipinski definition) is 5. The summed E-state index contributed by atoms with van der Waals surface area (Å²) in [6, 6.07) is 9.36. The van der Waals surface area contributed by atoms with E-state index >= 15 is 0 Å². The monoisotopic (exact) mass is 373 g/mol. The first-order valence-corrected chi connectivity index (χ1v) is 9.75. The molecule has 1 aliphatic carbocycles. The SMILES string of the molecule is Cn1c(CNC(=O)c2ccccc2)nnc1SCC(=O)NC1CCCC1. The maximum absolute atomic E-state index is 12.1. The third-order valence-electron chi connectivity index (χ3n) is 4.42. The molecule has 0 spiro atoms. The molecule has 0 aliphatic heterocycles. The van der Waals surface area contributed by atoms with E-state index < -0.39 is 0 Å². The average Bonchev–Trinajstić information content (AvgIpc) is 3.29. The van der Waals surface area contributed by atoms with E-state index in [4.69, 9.17) is 0 Å². The molecular formula is C18H23N5O2S. The molecule has 1 heterocycles. The molecule has 1 aromatic carbocycles. The van der Waals surface area contributed by atoms with Crippen LogP contribution in [0.3, 0.4) is 0 Å². The van der Waals surface area contributed by atoms with Gasteiger partial charge in [-0.2, -0.15) is 0 Å². The van der Waals surface area contributed by atoms with Gasteiger partial charge >= 0.3 is 0 Å². The van der Waals surface area contributed by atoms with Crippen molar-refractivity contribution in [3.63, 3.8) is 0 Å². The topological polar surface area (TPSA) is 88.9 Å². The molecular weight excluding hydrogens is 350 g/mol. The van der Waals surface area contributed by atoms with Gasteiger partial charge in [-0.05, 0) is 25.0 Å². The van der Waals surface area contributed by atoms with Crippen molar-refractivity contribution in [1.82, 2.24) is 25.4 Å². The number of nitrogens with zero attached hydrogens (tertiary/aromatic N) is 3. The summed E-state index contributed by atoms with van der Waals surface area (Å²) in [6.45, 7) is 0.284. The standard InChI is InChI=1S/C18H23N5O2S/c1-23-15(11-19-17(25)13-7-3-2-4-8-13)21-22-18(23)26-12-16(24)20-14-9-5-6-10-14/h2-4,7-8,14H,5-6,9-12H2,1H3,(H,19,25)(H,20,24). The third kappa shape index (κ3) is 4.85. The fraction of sp³-hybridized carbons (Fsp3) is 0.444. The number of thioether (sulfide) groups is 1. The molecule has 7 nitrogen and oxygen atoms in total. The van der Waals surface area contributed by atoms with Gasteiger partial charge in [0, 0.05) is 18.7 Å². The van der Waals surface area contributed by atoms with E-state index in [1.54, 1.807) is 16.7 Å². The molecule has 1 aliphatic rings. The summed E-state index contributed by atoms with van der Waals surface area (Å²) >= 11 is 1.35. The normalized spacial score (nSPS) is 14.3. The first kappa shape index (κ1) is 18.4. The number of rotatable bonds is 7. The minimum absolute atomic E-state index is 0.0313. The van der Waals surface area contributed by atoms with E-state index in [0.29, 0.717) is 28.3 Å². The molecule has 3 rings (SSSR count). The molecule has 2 N–H and O–H groups in total. The molecule has 26 heavy (non-hydrogen) atoms. The molecule has 8 heteroatoms. The Morgan fingerprint density at radius 3 is 2.65 bits per heavy atom. The first-order chi connectivity index (χ1) is 12.6. The summed E-state index contributed by atoms with van der Waals surface area (Å²) in [6.07, 6.45) is 4.54. The Labute approximate surface area is 157 Å². The zero-order valence-corrected chi connectivity index (χ0v) is 15.6. The van der Waals surface area contributed by atoms with Crippen LogP contribution in [0.5, 0.6) is 0 Å². The Kier molecular flexibility index (Phi) is 6.27. The lowest BCUT2D eigenvalue weighted by Crippen LogP contribution is -2.33. The van der Waals surface area contributed by atoms with Crippen molar-refractivity contribution in [2.45, 2.75) is 43.4 Å². The van der Waals surface area contributed by atoms with E-state index in [0.717, 1.165) is 12.8 Å². The Morgan fingerprint density at radius 1 is 1.19 bits per heavy atom.